The topological polar surface area (TPSA) is 66.0 Å². The van der Waals surface area contributed by atoms with Crippen LogP contribution in [0.4, 0.5) is 0 Å². The molecule has 132 valence electrons. The Balaban J connectivity index is 1.64. The second kappa shape index (κ2) is 6.45. The molecule has 26 heavy (non-hydrogen) atoms. The van der Waals surface area contributed by atoms with Gasteiger partial charge in [-0.15, -0.1) is 0 Å². The Bertz CT molecular complexity index is 963. The third-order valence-electron chi connectivity index (χ3n) is 5.14. The van der Waals surface area contributed by atoms with Crippen molar-refractivity contribution < 1.29 is 9.90 Å². The van der Waals surface area contributed by atoms with E-state index in [9.17, 15) is 9.90 Å². The number of hydrogen-bond donors (Lipinski definition) is 2. The van der Waals surface area contributed by atoms with Gasteiger partial charge in [0.1, 0.15) is 11.6 Å². The third kappa shape index (κ3) is 2.92. The summed E-state index contributed by atoms with van der Waals surface area (Å²) in [5.74, 6) is 1.01. The third-order valence-corrected chi connectivity index (χ3v) is 5.14. The van der Waals surface area contributed by atoms with Gasteiger partial charge < -0.3 is 10.1 Å². The standard InChI is InChI=1S/C22H22N2O2/c1-13(2)14-7-9-15(10-8-14)16-11-19(25)21(20(26)12-16)22-23-17-5-3-4-6-18(17)24-22/h3-10,13,16,25H,11-12H2,1-2H3,(H,23,24). The van der Waals surface area contributed by atoms with Gasteiger partial charge in [-0.1, -0.05) is 50.2 Å². The van der Waals surface area contributed by atoms with Crippen LogP contribution in [0.5, 0.6) is 0 Å². The second-order valence-electron chi connectivity index (χ2n) is 7.27. The molecule has 1 aliphatic rings. The summed E-state index contributed by atoms with van der Waals surface area (Å²) < 4.78 is 0. The van der Waals surface area contributed by atoms with E-state index in [2.05, 4.69) is 48.1 Å². The number of aromatic amines is 1. The van der Waals surface area contributed by atoms with E-state index in [1.807, 2.05) is 24.3 Å². The maximum absolute atomic E-state index is 12.8. The number of aliphatic hydroxyl groups excluding tert-OH is 1. The van der Waals surface area contributed by atoms with E-state index in [0.717, 1.165) is 16.6 Å². The number of para-hydroxylation sites is 2. The molecule has 1 aliphatic carbocycles. The molecule has 1 atom stereocenters. The lowest BCUT2D eigenvalue weighted by Crippen LogP contribution is -2.18. The van der Waals surface area contributed by atoms with Crippen molar-refractivity contribution in [3.05, 3.63) is 71.2 Å². The van der Waals surface area contributed by atoms with Crippen molar-refractivity contribution in [1.29, 1.82) is 0 Å². The Morgan fingerprint density at radius 3 is 2.46 bits per heavy atom. The van der Waals surface area contributed by atoms with Crippen molar-refractivity contribution in [1.82, 2.24) is 9.97 Å². The highest BCUT2D eigenvalue weighted by atomic mass is 16.3. The predicted molar refractivity (Wildman–Crippen MR) is 103 cm³/mol. The highest BCUT2D eigenvalue weighted by Gasteiger charge is 2.31. The fraction of sp³-hybridized carbons (Fsp3) is 0.273. The number of rotatable bonds is 3. The number of ketones is 1. The van der Waals surface area contributed by atoms with Crippen LogP contribution in [0.2, 0.25) is 0 Å². The molecule has 1 aromatic heterocycles. The monoisotopic (exact) mass is 346 g/mol. The first kappa shape index (κ1) is 16.6. The van der Waals surface area contributed by atoms with Crippen LogP contribution in [-0.4, -0.2) is 20.9 Å². The van der Waals surface area contributed by atoms with Crippen LogP contribution in [-0.2, 0) is 4.79 Å². The number of allylic oxidation sites excluding steroid dienone is 2. The molecule has 0 amide bonds. The molecule has 0 bridgehead atoms. The average molecular weight is 346 g/mol. The Morgan fingerprint density at radius 1 is 1.08 bits per heavy atom. The molecule has 4 rings (SSSR count). The predicted octanol–water partition coefficient (Wildman–Crippen LogP) is 5.10. The number of aliphatic hydroxyl groups is 1. The quantitative estimate of drug-likeness (QED) is 0.693. The minimum atomic E-state index is -0.0641. The zero-order chi connectivity index (χ0) is 18.3. The van der Waals surface area contributed by atoms with Crippen molar-refractivity contribution in [2.75, 3.05) is 0 Å². The molecule has 3 aromatic rings. The molecule has 0 saturated heterocycles. The lowest BCUT2D eigenvalue weighted by molar-refractivity contribution is -0.114. The first-order valence-electron chi connectivity index (χ1n) is 9.03. The highest BCUT2D eigenvalue weighted by molar-refractivity contribution is 6.21. The number of hydrogen-bond acceptors (Lipinski definition) is 3. The molecule has 4 heteroatoms. The van der Waals surface area contributed by atoms with E-state index in [1.165, 1.54) is 5.56 Å². The largest absolute Gasteiger partial charge is 0.511 e. The minimum Gasteiger partial charge on any atom is -0.511 e. The number of nitrogens with one attached hydrogen (secondary N) is 1. The number of Topliss-reactive ketones (excluding diaryl/α,β-unsaturated/α-hetero) is 1. The van der Waals surface area contributed by atoms with Gasteiger partial charge in [-0.3, -0.25) is 4.79 Å². The van der Waals surface area contributed by atoms with Gasteiger partial charge in [-0.2, -0.15) is 0 Å². The van der Waals surface area contributed by atoms with Gasteiger partial charge in [-0.05, 0) is 35.1 Å². The number of imidazole rings is 1. The van der Waals surface area contributed by atoms with Crippen LogP contribution >= 0.6 is 0 Å². The maximum atomic E-state index is 12.8. The van der Waals surface area contributed by atoms with Crippen molar-refractivity contribution >= 4 is 22.4 Å². The molecule has 0 saturated carbocycles. The summed E-state index contributed by atoms with van der Waals surface area (Å²) in [5, 5.41) is 10.6. The van der Waals surface area contributed by atoms with Crippen LogP contribution in [0.1, 0.15) is 55.5 Å². The van der Waals surface area contributed by atoms with E-state index >= 15 is 0 Å². The summed E-state index contributed by atoms with van der Waals surface area (Å²) in [6.07, 6.45) is 0.844. The Morgan fingerprint density at radius 2 is 1.81 bits per heavy atom. The first-order chi connectivity index (χ1) is 12.5. The van der Waals surface area contributed by atoms with Crippen molar-refractivity contribution in [3.8, 4) is 0 Å². The molecule has 4 nitrogen and oxygen atoms in total. The summed E-state index contributed by atoms with van der Waals surface area (Å²) in [4.78, 5) is 20.4. The highest BCUT2D eigenvalue weighted by Crippen LogP contribution is 2.37. The summed E-state index contributed by atoms with van der Waals surface area (Å²) in [6, 6.07) is 16.0. The number of nitrogens with zero attached hydrogens (tertiary/aromatic N) is 1. The Kier molecular flexibility index (Phi) is 4.11. The van der Waals surface area contributed by atoms with Crippen LogP contribution in [0.25, 0.3) is 16.6 Å². The zero-order valence-electron chi connectivity index (χ0n) is 15.0. The van der Waals surface area contributed by atoms with Gasteiger partial charge in [0.15, 0.2) is 5.78 Å². The van der Waals surface area contributed by atoms with E-state index in [0.29, 0.717) is 30.2 Å². The summed E-state index contributed by atoms with van der Waals surface area (Å²) in [6.45, 7) is 4.32. The van der Waals surface area contributed by atoms with Gasteiger partial charge >= 0.3 is 0 Å². The summed E-state index contributed by atoms with van der Waals surface area (Å²) in [7, 11) is 0. The van der Waals surface area contributed by atoms with E-state index in [1.54, 1.807) is 0 Å². The number of H-pyrrole nitrogens is 1. The van der Waals surface area contributed by atoms with Gasteiger partial charge in [0, 0.05) is 12.8 Å². The SMILES string of the molecule is CC(C)c1ccc(C2CC(=O)C(c3nc4ccccc4[nH]3)=C(O)C2)cc1. The van der Waals surface area contributed by atoms with Gasteiger partial charge in [0.05, 0.1) is 16.6 Å². The van der Waals surface area contributed by atoms with Gasteiger partial charge in [-0.25, -0.2) is 4.98 Å². The lowest BCUT2D eigenvalue weighted by Gasteiger charge is -2.23. The lowest BCUT2D eigenvalue weighted by atomic mass is 9.82. The molecule has 2 aromatic carbocycles. The van der Waals surface area contributed by atoms with Crippen LogP contribution < -0.4 is 0 Å². The van der Waals surface area contributed by atoms with Crippen LogP contribution in [0, 0.1) is 0 Å². The van der Waals surface area contributed by atoms with Crippen LogP contribution in [0.15, 0.2) is 54.3 Å². The van der Waals surface area contributed by atoms with E-state index < -0.39 is 0 Å². The smallest absolute Gasteiger partial charge is 0.170 e. The zero-order valence-corrected chi connectivity index (χ0v) is 15.0. The summed E-state index contributed by atoms with van der Waals surface area (Å²) in [5.41, 5.74) is 4.36. The molecule has 2 N–H and O–H groups in total. The molecule has 1 unspecified atom stereocenters. The number of carbonyl (C=O) groups excluding carboxylic acids is 1. The average Bonchev–Trinajstić information content (AvgIpc) is 3.04. The fourth-order valence-electron chi connectivity index (χ4n) is 3.62. The number of carbonyl (C=O) groups is 1. The number of aromatic nitrogens is 2. The molecule has 0 fully saturated rings. The van der Waals surface area contributed by atoms with Gasteiger partial charge in [0.25, 0.3) is 0 Å². The number of benzene rings is 2. The van der Waals surface area contributed by atoms with Crippen LogP contribution in [0.3, 0.4) is 0 Å². The molecular weight excluding hydrogens is 324 g/mol. The Hall–Kier alpha value is -2.88. The minimum absolute atomic E-state index is 0.0110. The first-order valence-corrected chi connectivity index (χ1v) is 9.03. The maximum Gasteiger partial charge on any atom is 0.170 e. The Labute approximate surface area is 152 Å². The molecule has 1 heterocycles. The van der Waals surface area contributed by atoms with Gasteiger partial charge in [0.2, 0.25) is 0 Å². The van der Waals surface area contributed by atoms with E-state index in [4.69, 9.17) is 0 Å². The normalized spacial score (nSPS) is 18.1. The fourth-order valence-corrected chi connectivity index (χ4v) is 3.62. The molecule has 0 aliphatic heterocycles. The van der Waals surface area contributed by atoms with E-state index in [-0.39, 0.29) is 17.5 Å². The molecular formula is C22H22N2O2. The number of fused-ring (bicyclic) bond motifs is 1. The summed E-state index contributed by atoms with van der Waals surface area (Å²) >= 11 is 0. The van der Waals surface area contributed by atoms with Crippen molar-refractivity contribution in [2.45, 2.75) is 38.5 Å². The molecule has 0 radical (unpaired) electrons. The molecule has 0 spiro atoms. The van der Waals surface area contributed by atoms with Crippen molar-refractivity contribution in [3.63, 3.8) is 0 Å². The van der Waals surface area contributed by atoms with Crippen molar-refractivity contribution in [2.24, 2.45) is 0 Å². The second-order valence-corrected chi connectivity index (χ2v) is 7.27.